The van der Waals surface area contributed by atoms with Crippen LogP contribution in [-0.2, 0) is 0 Å². The van der Waals surface area contributed by atoms with Crippen LogP contribution in [0.1, 0.15) is 10.4 Å². The van der Waals surface area contributed by atoms with E-state index in [0.29, 0.717) is 6.54 Å². The van der Waals surface area contributed by atoms with Crippen LogP contribution in [0, 0.1) is 5.82 Å². The van der Waals surface area contributed by atoms with E-state index >= 15 is 0 Å². The summed E-state index contributed by atoms with van der Waals surface area (Å²) in [6.07, 6.45) is 1.55. The van der Waals surface area contributed by atoms with E-state index in [1.165, 1.54) is 6.07 Å². The maximum Gasteiger partial charge on any atom is 0.254 e. The number of hydrogen-bond donors (Lipinski definition) is 1. The third-order valence-corrected chi connectivity index (χ3v) is 2.73. The fourth-order valence-electron chi connectivity index (χ4n) is 1.77. The van der Waals surface area contributed by atoms with Gasteiger partial charge in [-0.15, -0.1) is 6.58 Å². The molecule has 0 bridgehead atoms. The van der Waals surface area contributed by atoms with Crippen molar-refractivity contribution in [3.8, 4) is 11.1 Å². The Morgan fingerprint density at radius 3 is 2.58 bits per heavy atom. The van der Waals surface area contributed by atoms with E-state index in [4.69, 9.17) is 0 Å². The quantitative estimate of drug-likeness (QED) is 0.833. The van der Waals surface area contributed by atoms with Gasteiger partial charge < -0.3 is 5.32 Å². The van der Waals surface area contributed by atoms with Gasteiger partial charge in [0.15, 0.2) is 0 Å². The minimum atomic E-state index is -0.527. The summed E-state index contributed by atoms with van der Waals surface area (Å²) in [7, 11) is 0. The average Bonchev–Trinajstić information content (AvgIpc) is 2.46. The molecule has 0 atom stereocenters. The van der Waals surface area contributed by atoms with Gasteiger partial charge in [0.2, 0.25) is 0 Å². The molecule has 0 aromatic heterocycles. The predicted molar refractivity (Wildman–Crippen MR) is 74.4 cm³/mol. The SMILES string of the molecule is C=CCNC(=O)c1cc(-c2ccccc2)ccc1F. The standard InChI is InChI=1S/C16H14FNO/c1-2-10-18-16(19)14-11-13(8-9-15(14)17)12-6-4-3-5-7-12/h2-9,11H,1,10H2,(H,18,19). The molecule has 3 heteroatoms. The first-order valence-corrected chi connectivity index (χ1v) is 5.96. The van der Waals surface area contributed by atoms with Crippen molar-refractivity contribution < 1.29 is 9.18 Å². The number of amides is 1. The molecule has 0 aliphatic carbocycles. The number of rotatable bonds is 4. The second kappa shape index (κ2) is 5.96. The van der Waals surface area contributed by atoms with Crippen LogP contribution in [0.2, 0.25) is 0 Å². The molecule has 2 aromatic rings. The summed E-state index contributed by atoms with van der Waals surface area (Å²) in [5, 5.41) is 2.57. The highest BCUT2D eigenvalue weighted by Crippen LogP contribution is 2.21. The maximum absolute atomic E-state index is 13.7. The van der Waals surface area contributed by atoms with Crippen LogP contribution in [0.15, 0.2) is 61.2 Å². The normalized spacial score (nSPS) is 9.95. The lowest BCUT2D eigenvalue weighted by atomic mass is 10.0. The Labute approximate surface area is 111 Å². The average molecular weight is 255 g/mol. The number of halogens is 1. The highest BCUT2D eigenvalue weighted by molar-refractivity contribution is 5.95. The molecule has 96 valence electrons. The largest absolute Gasteiger partial charge is 0.348 e. The zero-order chi connectivity index (χ0) is 13.7. The zero-order valence-corrected chi connectivity index (χ0v) is 10.4. The van der Waals surface area contributed by atoms with E-state index in [1.807, 2.05) is 30.3 Å². The van der Waals surface area contributed by atoms with E-state index < -0.39 is 11.7 Å². The van der Waals surface area contributed by atoms with Crippen LogP contribution < -0.4 is 5.32 Å². The zero-order valence-electron chi connectivity index (χ0n) is 10.4. The molecule has 0 radical (unpaired) electrons. The summed E-state index contributed by atoms with van der Waals surface area (Å²) in [6, 6.07) is 14.1. The molecule has 0 unspecified atom stereocenters. The van der Waals surface area contributed by atoms with E-state index in [0.717, 1.165) is 11.1 Å². The van der Waals surface area contributed by atoms with Crippen LogP contribution in [0.4, 0.5) is 4.39 Å². The van der Waals surface area contributed by atoms with Crippen molar-refractivity contribution in [1.29, 1.82) is 0 Å². The molecule has 0 aliphatic rings. The number of carbonyl (C=O) groups excluding carboxylic acids is 1. The monoisotopic (exact) mass is 255 g/mol. The second-order valence-electron chi connectivity index (χ2n) is 4.06. The van der Waals surface area contributed by atoms with E-state index in [2.05, 4.69) is 11.9 Å². The van der Waals surface area contributed by atoms with Crippen LogP contribution in [0.25, 0.3) is 11.1 Å². The van der Waals surface area contributed by atoms with Crippen LogP contribution in [0.5, 0.6) is 0 Å². The molecular weight excluding hydrogens is 241 g/mol. The van der Waals surface area contributed by atoms with E-state index in [1.54, 1.807) is 18.2 Å². The molecular formula is C16H14FNO. The molecule has 0 spiro atoms. The topological polar surface area (TPSA) is 29.1 Å². The summed E-state index contributed by atoms with van der Waals surface area (Å²) in [5.41, 5.74) is 1.80. The summed E-state index contributed by atoms with van der Waals surface area (Å²) in [6.45, 7) is 3.82. The highest BCUT2D eigenvalue weighted by Gasteiger charge is 2.12. The van der Waals surface area contributed by atoms with Crippen molar-refractivity contribution in [3.05, 3.63) is 72.6 Å². The van der Waals surface area contributed by atoms with Crippen molar-refractivity contribution >= 4 is 5.91 Å². The minimum absolute atomic E-state index is 0.0446. The summed E-state index contributed by atoms with van der Waals surface area (Å²) in [4.78, 5) is 11.8. The van der Waals surface area contributed by atoms with Crippen molar-refractivity contribution in [2.24, 2.45) is 0 Å². The lowest BCUT2D eigenvalue weighted by Gasteiger charge is -2.07. The first-order valence-electron chi connectivity index (χ1n) is 5.96. The van der Waals surface area contributed by atoms with Crippen LogP contribution >= 0.6 is 0 Å². The van der Waals surface area contributed by atoms with Gasteiger partial charge in [-0.05, 0) is 23.3 Å². The molecule has 2 nitrogen and oxygen atoms in total. The fraction of sp³-hybridized carbons (Fsp3) is 0.0625. The van der Waals surface area contributed by atoms with Crippen LogP contribution in [0.3, 0.4) is 0 Å². The van der Waals surface area contributed by atoms with E-state index in [9.17, 15) is 9.18 Å². The Kier molecular flexibility index (Phi) is 4.08. The Hall–Kier alpha value is -2.42. The number of carbonyl (C=O) groups is 1. The van der Waals surface area contributed by atoms with Gasteiger partial charge in [0.05, 0.1) is 5.56 Å². The van der Waals surface area contributed by atoms with Crippen molar-refractivity contribution in [3.63, 3.8) is 0 Å². The van der Waals surface area contributed by atoms with E-state index in [-0.39, 0.29) is 5.56 Å². The molecule has 2 aromatic carbocycles. The Bertz CT molecular complexity index is 593. The van der Waals surface area contributed by atoms with Gasteiger partial charge in [0.1, 0.15) is 5.82 Å². The number of benzene rings is 2. The van der Waals surface area contributed by atoms with Crippen molar-refractivity contribution in [2.75, 3.05) is 6.54 Å². The first kappa shape index (κ1) is 13.0. The first-order chi connectivity index (χ1) is 9.22. The molecule has 1 N–H and O–H groups in total. The smallest absolute Gasteiger partial charge is 0.254 e. The molecule has 19 heavy (non-hydrogen) atoms. The molecule has 0 fully saturated rings. The maximum atomic E-state index is 13.7. The molecule has 2 rings (SSSR count). The molecule has 0 saturated carbocycles. The van der Waals surface area contributed by atoms with Crippen molar-refractivity contribution in [1.82, 2.24) is 5.32 Å². The summed E-state index contributed by atoms with van der Waals surface area (Å²) >= 11 is 0. The lowest BCUT2D eigenvalue weighted by molar-refractivity contribution is 0.0954. The third kappa shape index (κ3) is 3.07. The molecule has 0 saturated heterocycles. The van der Waals surface area contributed by atoms with Gasteiger partial charge in [-0.1, -0.05) is 42.5 Å². The number of nitrogens with one attached hydrogen (secondary N) is 1. The Morgan fingerprint density at radius 2 is 1.89 bits per heavy atom. The Balaban J connectivity index is 2.35. The fourth-order valence-corrected chi connectivity index (χ4v) is 1.77. The molecule has 0 aliphatic heterocycles. The number of hydrogen-bond acceptors (Lipinski definition) is 1. The second-order valence-corrected chi connectivity index (χ2v) is 4.06. The summed E-state index contributed by atoms with van der Waals surface area (Å²) in [5.74, 6) is -0.962. The molecule has 0 heterocycles. The van der Waals surface area contributed by atoms with Gasteiger partial charge in [-0.3, -0.25) is 4.79 Å². The van der Waals surface area contributed by atoms with Gasteiger partial charge >= 0.3 is 0 Å². The third-order valence-electron chi connectivity index (χ3n) is 2.73. The van der Waals surface area contributed by atoms with Crippen LogP contribution in [-0.4, -0.2) is 12.5 Å². The van der Waals surface area contributed by atoms with Gasteiger partial charge in [0, 0.05) is 6.54 Å². The van der Waals surface area contributed by atoms with Gasteiger partial charge in [-0.25, -0.2) is 4.39 Å². The minimum Gasteiger partial charge on any atom is -0.348 e. The molecule has 1 amide bonds. The highest BCUT2D eigenvalue weighted by atomic mass is 19.1. The van der Waals surface area contributed by atoms with Gasteiger partial charge in [0.25, 0.3) is 5.91 Å². The summed E-state index contributed by atoms with van der Waals surface area (Å²) < 4.78 is 13.7. The van der Waals surface area contributed by atoms with Crippen molar-refractivity contribution in [2.45, 2.75) is 0 Å². The predicted octanol–water partition coefficient (Wildman–Crippen LogP) is 3.41. The Morgan fingerprint density at radius 1 is 1.16 bits per heavy atom. The van der Waals surface area contributed by atoms with Gasteiger partial charge in [-0.2, -0.15) is 0 Å². The lowest BCUT2D eigenvalue weighted by Crippen LogP contribution is -2.24.